The summed E-state index contributed by atoms with van der Waals surface area (Å²) < 4.78 is 0. The molecule has 0 saturated heterocycles. The first-order chi connectivity index (χ1) is 5.70. The second-order valence-corrected chi connectivity index (χ2v) is 4.98. The zero-order chi connectivity index (χ0) is 8.97. The molecular formula is C8H10BrNOS. The number of hydrogen-bond donors (Lipinski definition) is 1. The Labute approximate surface area is 84.1 Å². The molecule has 1 unspecified atom stereocenters. The van der Waals surface area contributed by atoms with Gasteiger partial charge in [-0.1, -0.05) is 28.9 Å². The number of carbonyl (C=O) groups is 1. The fourth-order valence-corrected chi connectivity index (χ4v) is 1.53. The van der Waals surface area contributed by atoms with Crippen LogP contribution in [0.15, 0.2) is 17.5 Å². The van der Waals surface area contributed by atoms with Crippen LogP contribution in [0.3, 0.4) is 0 Å². The third-order valence-electron chi connectivity index (χ3n) is 1.29. The number of carbonyl (C=O) groups excluding carboxylic acids is 1. The number of alkyl halides is 1. The SMILES string of the molecule is CC(Br)CNC(=O)c1cccs1. The smallest absolute Gasteiger partial charge is 0.261 e. The quantitative estimate of drug-likeness (QED) is 0.817. The second kappa shape index (κ2) is 4.62. The Hall–Kier alpha value is -0.350. The minimum absolute atomic E-state index is 0.0105. The van der Waals surface area contributed by atoms with E-state index in [-0.39, 0.29) is 5.91 Å². The van der Waals surface area contributed by atoms with E-state index in [9.17, 15) is 4.79 Å². The second-order valence-electron chi connectivity index (χ2n) is 2.47. The van der Waals surface area contributed by atoms with Crippen molar-refractivity contribution in [3.05, 3.63) is 22.4 Å². The van der Waals surface area contributed by atoms with Crippen molar-refractivity contribution in [1.82, 2.24) is 5.32 Å². The molecule has 0 saturated carbocycles. The van der Waals surface area contributed by atoms with Crippen LogP contribution in [-0.2, 0) is 0 Å². The van der Waals surface area contributed by atoms with Crippen LogP contribution in [0.2, 0.25) is 0 Å². The first-order valence-electron chi connectivity index (χ1n) is 3.66. The van der Waals surface area contributed by atoms with Gasteiger partial charge in [0.1, 0.15) is 0 Å². The lowest BCUT2D eigenvalue weighted by atomic mass is 10.4. The number of amides is 1. The van der Waals surface area contributed by atoms with Crippen molar-refractivity contribution in [3.8, 4) is 0 Å². The van der Waals surface area contributed by atoms with Crippen LogP contribution in [0.1, 0.15) is 16.6 Å². The number of rotatable bonds is 3. The van der Waals surface area contributed by atoms with E-state index in [2.05, 4.69) is 21.2 Å². The van der Waals surface area contributed by atoms with Gasteiger partial charge in [-0.2, -0.15) is 0 Å². The largest absolute Gasteiger partial charge is 0.350 e. The maximum Gasteiger partial charge on any atom is 0.261 e. The van der Waals surface area contributed by atoms with Crippen molar-refractivity contribution in [1.29, 1.82) is 0 Å². The summed E-state index contributed by atoms with van der Waals surface area (Å²) in [5.41, 5.74) is 0. The zero-order valence-electron chi connectivity index (χ0n) is 6.71. The number of hydrogen-bond acceptors (Lipinski definition) is 2. The molecule has 66 valence electrons. The molecule has 0 aliphatic rings. The minimum Gasteiger partial charge on any atom is -0.350 e. The highest BCUT2D eigenvalue weighted by atomic mass is 79.9. The molecule has 1 rings (SSSR count). The Morgan fingerprint density at radius 3 is 3.08 bits per heavy atom. The molecule has 4 heteroatoms. The Morgan fingerprint density at radius 1 is 1.83 bits per heavy atom. The molecule has 1 aromatic rings. The van der Waals surface area contributed by atoms with Gasteiger partial charge in [-0.05, 0) is 11.4 Å². The molecule has 2 nitrogen and oxygen atoms in total. The number of halogens is 1. The van der Waals surface area contributed by atoms with E-state index < -0.39 is 0 Å². The highest BCUT2D eigenvalue weighted by Gasteiger charge is 2.05. The van der Waals surface area contributed by atoms with Gasteiger partial charge in [-0.3, -0.25) is 4.79 Å². The van der Waals surface area contributed by atoms with E-state index in [1.165, 1.54) is 11.3 Å². The van der Waals surface area contributed by atoms with Crippen molar-refractivity contribution in [2.24, 2.45) is 0 Å². The molecule has 0 radical (unpaired) electrons. The summed E-state index contributed by atoms with van der Waals surface area (Å²) in [6.45, 7) is 2.66. The molecule has 0 fully saturated rings. The van der Waals surface area contributed by atoms with Gasteiger partial charge in [0, 0.05) is 11.4 Å². The lowest BCUT2D eigenvalue weighted by Gasteiger charge is -2.03. The summed E-state index contributed by atoms with van der Waals surface area (Å²) in [7, 11) is 0. The third-order valence-corrected chi connectivity index (χ3v) is 2.48. The molecule has 0 spiro atoms. The summed E-state index contributed by atoms with van der Waals surface area (Å²) >= 11 is 4.81. The highest BCUT2D eigenvalue weighted by molar-refractivity contribution is 9.09. The molecule has 12 heavy (non-hydrogen) atoms. The average Bonchev–Trinajstić information content (AvgIpc) is 2.51. The van der Waals surface area contributed by atoms with Gasteiger partial charge in [0.15, 0.2) is 0 Å². The molecule has 1 amide bonds. The van der Waals surface area contributed by atoms with Gasteiger partial charge in [0.05, 0.1) is 4.88 Å². The summed E-state index contributed by atoms with van der Waals surface area (Å²) in [4.78, 5) is 12.4. The van der Waals surface area contributed by atoms with Crippen LogP contribution < -0.4 is 5.32 Å². The minimum atomic E-state index is 0.0105. The van der Waals surface area contributed by atoms with Crippen molar-refractivity contribution < 1.29 is 4.79 Å². The van der Waals surface area contributed by atoms with Crippen LogP contribution in [0, 0.1) is 0 Å². The summed E-state index contributed by atoms with van der Waals surface area (Å²) in [5, 5.41) is 4.70. The van der Waals surface area contributed by atoms with Crippen molar-refractivity contribution in [2.45, 2.75) is 11.8 Å². The van der Waals surface area contributed by atoms with E-state index in [0.29, 0.717) is 11.4 Å². The third kappa shape index (κ3) is 2.95. The van der Waals surface area contributed by atoms with Crippen LogP contribution in [0.5, 0.6) is 0 Å². The highest BCUT2D eigenvalue weighted by Crippen LogP contribution is 2.07. The van der Waals surface area contributed by atoms with E-state index in [0.717, 1.165) is 4.88 Å². The summed E-state index contributed by atoms with van der Waals surface area (Å²) in [6, 6.07) is 3.69. The lowest BCUT2D eigenvalue weighted by Crippen LogP contribution is -2.27. The van der Waals surface area contributed by atoms with E-state index in [1.54, 1.807) is 0 Å². The number of thiophene rings is 1. The van der Waals surface area contributed by atoms with Crippen molar-refractivity contribution in [2.75, 3.05) is 6.54 Å². The molecule has 1 atom stereocenters. The maximum atomic E-state index is 11.3. The summed E-state index contributed by atoms with van der Waals surface area (Å²) in [6.07, 6.45) is 0. The molecule has 0 aliphatic heterocycles. The zero-order valence-corrected chi connectivity index (χ0v) is 9.11. The maximum absolute atomic E-state index is 11.3. The standard InChI is InChI=1S/C8H10BrNOS/c1-6(9)5-10-8(11)7-3-2-4-12-7/h2-4,6H,5H2,1H3,(H,10,11). The van der Waals surface area contributed by atoms with Crippen molar-refractivity contribution >= 4 is 33.2 Å². The van der Waals surface area contributed by atoms with Gasteiger partial charge in [0.2, 0.25) is 0 Å². The van der Waals surface area contributed by atoms with Crippen molar-refractivity contribution in [3.63, 3.8) is 0 Å². The molecule has 0 aromatic carbocycles. The fourth-order valence-electron chi connectivity index (χ4n) is 0.728. The van der Waals surface area contributed by atoms with E-state index >= 15 is 0 Å². The van der Waals surface area contributed by atoms with E-state index in [4.69, 9.17) is 0 Å². The first kappa shape index (κ1) is 9.74. The van der Waals surface area contributed by atoms with Gasteiger partial charge in [0.25, 0.3) is 5.91 Å². The summed E-state index contributed by atoms with van der Waals surface area (Å²) in [5.74, 6) is 0.0105. The predicted octanol–water partition coefficient (Wildman–Crippen LogP) is 2.26. The Bertz CT molecular complexity index is 246. The molecular weight excluding hydrogens is 238 g/mol. The average molecular weight is 248 g/mol. The Morgan fingerprint density at radius 2 is 2.58 bits per heavy atom. The Balaban J connectivity index is 2.40. The molecule has 1 heterocycles. The molecule has 1 aromatic heterocycles. The van der Waals surface area contributed by atoms with Crippen LogP contribution in [0.25, 0.3) is 0 Å². The first-order valence-corrected chi connectivity index (χ1v) is 5.45. The molecule has 0 aliphatic carbocycles. The van der Waals surface area contributed by atoms with E-state index in [1.807, 2.05) is 24.4 Å². The van der Waals surface area contributed by atoms with Crippen LogP contribution in [-0.4, -0.2) is 17.3 Å². The molecule has 0 bridgehead atoms. The van der Waals surface area contributed by atoms with Gasteiger partial charge >= 0.3 is 0 Å². The Kier molecular flexibility index (Phi) is 3.75. The lowest BCUT2D eigenvalue weighted by molar-refractivity contribution is 0.0958. The topological polar surface area (TPSA) is 29.1 Å². The van der Waals surface area contributed by atoms with Crippen LogP contribution >= 0.6 is 27.3 Å². The number of nitrogens with one attached hydrogen (secondary N) is 1. The normalized spacial score (nSPS) is 12.5. The van der Waals surface area contributed by atoms with Crippen LogP contribution in [0.4, 0.5) is 0 Å². The van der Waals surface area contributed by atoms with Gasteiger partial charge < -0.3 is 5.32 Å². The fraction of sp³-hybridized carbons (Fsp3) is 0.375. The molecule has 1 N–H and O–H groups in total. The predicted molar refractivity (Wildman–Crippen MR) is 55.0 cm³/mol. The van der Waals surface area contributed by atoms with Gasteiger partial charge in [-0.25, -0.2) is 0 Å². The van der Waals surface area contributed by atoms with Gasteiger partial charge in [-0.15, -0.1) is 11.3 Å². The monoisotopic (exact) mass is 247 g/mol.